The summed E-state index contributed by atoms with van der Waals surface area (Å²) in [5.41, 5.74) is 0. The summed E-state index contributed by atoms with van der Waals surface area (Å²) in [6, 6.07) is 6.22. The summed E-state index contributed by atoms with van der Waals surface area (Å²) in [5, 5.41) is 1.33. The predicted octanol–water partition coefficient (Wildman–Crippen LogP) is 0.291. The second-order valence-corrected chi connectivity index (χ2v) is 4.33. The van der Waals surface area contributed by atoms with Crippen molar-refractivity contribution in [1.82, 2.24) is 0 Å². The van der Waals surface area contributed by atoms with Crippen LogP contribution in [-0.2, 0) is 0 Å². The first-order valence-corrected chi connectivity index (χ1v) is 5.12. The molecule has 0 atom stereocenters. The summed E-state index contributed by atoms with van der Waals surface area (Å²) in [4.78, 5) is 0. The summed E-state index contributed by atoms with van der Waals surface area (Å²) in [5.74, 6) is 1.05. The molecule has 0 aliphatic carbocycles. The van der Waals surface area contributed by atoms with Crippen LogP contribution in [0, 0.1) is 3.57 Å². The van der Waals surface area contributed by atoms with E-state index in [1.807, 2.05) is 0 Å². The Hall–Kier alpha value is -0.0331. The Morgan fingerprint density at radius 1 is 1.50 bits per heavy atom. The van der Waals surface area contributed by atoms with E-state index in [1.54, 1.807) is 7.11 Å². The van der Waals surface area contributed by atoms with Gasteiger partial charge in [0.15, 0.2) is 0 Å². The SMILES string of the molecule is COc1c([SiH3])cccc1I. The molecular weight excluding hydrogens is 255 g/mol. The lowest BCUT2D eigenvalue weighted by Crippen LogP contribution is -2.07. The molecule has 1 rings (SSSR count). The molecule has 0 saturated heterocycles. The highest BCUT2D eigenvalue weighted by molar-refractivity contribution is 14.1. The Balaban J connectivity index is 3.17. The monoisotopic (exact) mass is 264 g/mol. The molecule has 0 fully saturated rings. The van der Waals surface area contributed by atoms with Gasteiger partial charge < -0.3 is 4.74 Å². The molecule has 0 aliphatic heterocycles. The molecule has 0 bridgehead atoms. The van der Waals surface area contributed by atoms with E-state index >= 15 is 0 Å². The summed E-state index contributed by atoms with van der Waals surface area (Å²) in [6.45, 7) is 0. The maximum Gasteiger partial charge on any atom is 0.130 e. The fraction of sp³-hybridized carbons (Fsp3) is 0.143. The van der Waals surface area contributed by atoms with Crippen LogP contribution in [0.4, 0.5) is 0 Å². The zero-order chi connectivity index (χ0) is 7.56. The van der Waals surface area contributed by atoms with Gasteiger partial charge in [0.25, 0.3) is 0 Å². The number of benzene rings is 1. The molecule has 3 heteroatoms. The van der Waals surface area contributed by atoms with Crippen molar-refractivity contribution in [3.8, 4) is 5.75 Å². The van der Waals surface area contributed by atoms with Gasteiger partial charge in [-0.25, -0.2) is 0 Å². The van der Waals surface area contributed by atoms with Crippen molar-refractivity contribution in [2.24, 2.45) is 0 Å². The molecular formula is C7H9IOSi. The maximum atomic E-state index is 5.20. The summed E-state index contributed by atoms with van der Waals surface area (Å²) in [7, 11) is 2.78. The van der Waals surface area contributed by atoms with Crippen LogP contribution in [0.1, 0.15) is 0 Å². The van der Waals surface area contributed by atoms with Crippen molar-refractivity contribution in [2.45, 2.75) is 0 Å². The highest BCUT2D eigenvalue weighted by atomic mass is 127. The van der Waals surface area contributed by atoms with Gasteiger partial charge in [-0.1, -0.05) is 12.1 Å². The molecule has 0 unspecified atom stereocenters. The van der Waals surface area contributed by atoms with E-state index in [4.69, 9.17) is 4.74 Å². The largest absolute Gasteiger partial charge is 0.496 e. The number of ether oxygens (including phenoxy) is 1. The van der Waals surface area contributed by atoms with Crippen molar-refractivity contribution in [1.29, 1.82) is 0 Å². The Bertz CT molecular complexity index is 217. The van der Waals surface area contributed by atoms with Crippen molar-refractivity contribution >= 4 is 38.0 Å². The smallest absolute Gasteiger partial charge is 0.130 e. The van der Waals surface area contributed by atoms with Crippen molar-refractivity contribution in [3.05, 3.63) is 21.8 Å². The average Bonchev–Trinajstić information content (AvgIpc) is 1.88. The maximum absolute atomic E-state index is 5.20. The first-order valence-electron chi connectivity index (χ1n) is 3.05. The number of para-hydroxylation sites is 1. The zero-order valence-corrected chi connectivity index (χ0v) is 10.2. The second kappa shape index (κ2) is 3.38. The van der Waals surface area contributed by atoms with Gasteiger partial charge in [0.05, 0.1) is 10.7 Å². The van der Waals surface area contributed by atoms with Crippen LogP contribution in [0.5, 0.6) is 5.75 Å². The zero-order valence-electron chi connectivity index (χ0n) is 6.02. The number of hydrogen-bond donors (Lipinski definition) is 0. The quantitative estimate of drug-likeness (QED) is 0.523. The van der Waals surface area contributed by atoms with E-state index in [1.165, 1.54) is 8.76 Å². The van der Waals surface area contributed by atoms with Gasteiger partial charge in [0, 0.05) is 10.2 Å². The first-order chi connectivity index (χ1) is 4.75. The average molecular weight is 264 g/mol. The molecule has 1 aromatic carbocycles. The van der Waals surface area contributed by atoms with Crippen molar-refractivity contribution in [2.75, 3.05) is 7.11 Å². The van der Waals surface area contributed by atoms with Crippen LogP contribution in [-0.4, -0.2) is 17.4 Å². The number of halogens is 1. The Morgan fingerprint density at radius 2 is 2.20 bits per heavy atom. The lowest BCUT2D eigenvalue weighted by atomic mass is 10.3. The molecule has 10 heavy (non-hydrogen) atoms. The minimum Gasteiger partial charge on any atom is -0.496 e. The molecule has 54 valence electrons. The molecule has 1 nitrogen and oxygen atoms in total. The van der Waals surface area contributed by atoms with Crippen molar-refractivity contribution in [3.63, 3.8) is 0 Å². The van der Waals surface area contributed by atoms with Gasteiger partial charge in [-0.2, -0.15) is 0 Å². The van der Waals surface area contributed by atoms with Crippen LogP contribution in [0.25, 0.3) is 0 Å². The third kappa shape index (κ3) is 1.52. The number of methoxy groups -OCH3 is 1. The molecule has 0 N–H and O–H groups in total. The van der Waals surface area contributed by atoms with Gasteiger partial charge in [-0.15, -0.1) is 0 Å². The lowest BCUT2D eigenvalue weighted by molar-refractivity contribution is 0.415. The van der Waals surface area contributed by atoms with E-state index in [-0.39, 0.29) is 0 Å². The van der Waals surface area contributed by atoms with E-state index in [0.717, 1.165) is 16.0 Å². The van der Waals surface area contributed by atoms with E-state index in [2.05, 4.69) is 40.8 Å². The normalized spacial score (nSPS) is 9.80. The Labute approximate surface area is 77.3 Å². The van der Waals surface area contributed by atoms with E-state index in [0.29, 0.717) is 0 Å². The van der Waals surface area contributed by atoms with Gasteiger partial charge in [-0.3, -0.25) is 0 Å². The number of hydrogen-bond acceptors (Lipinski definition) is 1. The topological polar surface area (TPSA) is 9.23 Å². The number of rotatable bonds is 1. The molecule has 0 spiro atoms. The van der Waals surface area contributed by atoms with Crippen LogP contribution >= 0.6 is 22.6 Å². The molecule has 0 saturated carbocycles. The fourth-order valence-electron chi connectivity index (χ4n) is 0.875. The lowest BCUT2D eigenvalue weighted by Gasteiger charge is -2.05. The summed E-state index contributed by atoms with van der Waals surface area (Å²) >= 11 is 2.28. The van der Waals surface area contributed by atoms with E-state index < -0.39 is 0 Å². The molecule has 0 heterocycles. The molecule has 0 aromatic heterocycles. The van der Waals surface area contributed by atoms with Crippen molar-refractivity contribution < 1.29 is 4.74 Å². The van der Waals surface area contributed by atoms with Crippen LogP contribution < -0.4 is 9.92 Å². The molecule has 0 amide bonds. The van der Waals surface area contributed by atoms with Crippen LogP contribution in [0.3, 0.4) is 0 Å². The standard InChI is InChI=1S/C7H9IOSi/c1-9-7-5(8)3-2-4-6(7)10/h2-4H,1,10H3. The van der Waals surface area contributed by atoms with Crippen LogP contribution in [0.15, 0.2) is 18.2 Å². The van der Waals surface area contributed by atoms with Gasteiger partial charge >= 0.3 is 0 Å². The highest BCUT2D eigenvalue weighted by Crippen LogP contribution is 2.15. The molecule has 1 aromatic rings. The third-order valence-corrected chi connectivity index (χ3v) is 3.00. The predicted molar refractivity (Wildman–Crippen MR) is 55.3 cm³/mol. The Morgan fingerprint density at radius 3 is 2.60 bits per heavy atom. The Kier molecular flexibility index (Phi) is 2.73. The summed E-state index contributed by atoms with van der Waals surface area (Å²) in [6.07, 6.45) is 0. The second-order valence-electron chi connectivity index (χ2n) is 2.09. The minimum atomic E-state index is 1.05. The third-order valence-electron chi connectivity index (χ3n) is 1.37. The van der Waals surface area contributed by atoms with Gasteiger partial charge in [0.1, 0.15) is 5.75 Å². The fourth-order valence-corrected chi connectivity index (χ4v) is 2.90. The van der Waals surface area contributed by atoms with Gasteiger partial charge in [0.2, 0.25) is 0 Å². The van der Waals surface area contributed by atoms with Gasteiger partial charge in [-0.05, 0) is 33.8 Å². The highest BCUT2D eigenvalue weighted by Gasteiger charge is 1.99. The van der Waals surface area contributed by atoms with E-state index in [9.17, 15) is 0 Å². The minimum absolute atomic E-state index is 1.05. The molecule has 0 aliphatic rings. The molecule has 0 radical (unpaired) electrons. The first kappa shape index (κ1) is 8.07. The van der Waals surface area contributed by atoms with Crippen LogP contribution in [0.2, 0.25) is 0 Å². The summed E-state index contributed by atoms with van der Waals surface area (Å²) < 4.78 is 6.40.